The lowest BCUT2D eigenvalue weighted by atomic mass is 10.3. The molecule has 0 bridgehead atoms. The Hall–Kier alpha value is -2.98. The zero-order chi connectivity index (χ0) is 22.1. The number of anilines is 2. The van der Waals surface area contributed by atoms with Gasteiger partial charge >= 0.3 is 0 Å². The van der Waals surface area contributed by atoms with Gasteiger partial charge in [0.1, 0.15) is 17.5 Å². The highest BCUT2D eigenvalue weighted by Crippen LogP contribution is 2.25. The molecule has 0 atom stereocenters. The molecule has 0 amide bonds. The van der Waals surface area contributed by atoms with Crippen LogP contribution in [0.4, 0.5) is 11.6 Å². The molecule has 5 rings (SSSR count). The Balaban J connectivity index is 1.28. The molecule has 2 aliphatic rings. The standard InChI is InChI=1S/C22H27N7O2S/c1-18-24-21(26-10-2-3-11-26)17-22(25-18)27-13-15-28(16-14-27)32(30,31)20-7-5-19(6-8-20)29-12-4-9-23-29/h4-9,12,17H,2-3,10-11,13-16H2,1H3. The molecule has 0 saturated carbocycles. The van der Waals surface area contributed by atoms with E-state index in [9.17, 15) is 8.42 Å². The molecule has 9 nitrogen and oxygen atoms in total. The van der Waals surface area contributed by atoms with Gasteiger partial charge in [-0.15, -0.1) is 0 Å². The number of sulfonamides is 1. The van der Waals surface area contributed by atoms with Crippen LogP contribution in [0.1, 0.15) is 18.7 Å². The minimum absolute atomic E-state index is 0.302. The van der Waals surface area contributed by atoms with Gasteiger partial charge in [-0.2, -0.15) is 9.40 Å². The van der Waals surface area contributed by atoms with E-state index in [1.165, 1.54) is 12.8 Å². The van der Waals surface area contributed by atoms with Gasteiger partial charge < -0.3 is 9.80 Å². The summed E-state index contributed by atoms with van der Waals surface area (Å²) in [5.41, 5.74) is 0.826. The number of piperazine rings is 1. The molecule has 3 aromatic rings. The summed E-state index contributed by atoms with van der Waals surface area (Å²) in [6.07, 6.45) is 5.90. The second-order valence-corrected chi connectivity index (χ2v) is 10.1. The van der Waals surface area contributed by atoms with E-state index in [4.69, 9.17) is 0 Å². The molecule has 4 heterocycles. The number of hydrogen-bond acceptors (Lipinski definition) is 7. The monoisotopic (exact) mass is 453 g/mol. The van der Waals surface area contributed by atoms with Crippen molar-refractivity contribution in [3.63, 3.8) is 0 Å². The molecule has 168 valence electrons. The molecule has 0 N–H and O–H groups in total. The number of nitrogens with zero attached hydrogens (tertiary/aromatic N) is 7. The maximum Gasteiger partial charge on any atom is 0.243 e. The van der Waals surface area contributed by atoms with E-state index in [2.05, 4.69) is 24.9 Å². The number of aryl methyl sites for hydroxylation is 1. The first-order valence-corrected chi connectivity index (χ1v) is 12.4. The third-order valence-corrected chi connectivity index (χ3v) is 7.96. The average Bonchev–Trinajstić information content (AvgIpc) is 3.53. The van der Waals surface area contributed by atoms with Crippen LogP contribution in [-0.2, 0) is 10.0 Å². The Labute approximate surface area is 188 Å². The van der Waals surface area contributed by atoms with Gasteiger partial charge in [0.05, 0.1) is 10.6 Å². The molecule has 32 heavy (non-hydrogen) atoms. The largest absolute Gasteiger partial charge is 0.356 e. The summed E-state index contributed by atoms with van der Waals surface area (Å²) in [5.74, 6) is 2.59. The van der Waals surface area contributed by atoms with Gasteiger partial charge in [-0.25, -0.2) is 23.1 Å². The van der Waals surface area contributed by atoms with Gasteiger partial charge in [0.15, 0.2) is 0 Å². The van der Waals surface area contributed by atoms with E-state index in [1.807, 2.05) is 25.3 Å². The maximum absolute atomic E-state index is 13.2. The smallest absolute Gasteiger partial charge is 0.243 e. The van der Waals surface area contributed by atoms with Gasteiger partial charge in [0, 0.05) is 57.7 Å². The van der Waals surface area contributed by atoms with Crippen molar-refractivity contribution < 1.29 is 8.42 Å². The maximum atomic E-state index is 13.2. The summed E-state index contributed by atoms with van der Waals surface area (Å²) in [4.78, 5) is 14.0. The van der Waals surface area contributed by atoms with Crippen molar-refractivity contribution >= 4 is 21.7 Å². The van der Waals surface area contributed by atoms with Crippen molar-refractivity contribution in [3.8, 4) is 5.69 Å². The Bertz CT molecular complexity index is 1170. The molecule has 2 fully saturated rings. The minimum Gasteiger partial charge on any atom is -0.356 e. The van der Waals surface area contributed by atoms with E-state index in [-0.39, 0.29) is 0 Å². The summed E-state index contributed by atoms with van der Waals surface area (Å²) < 4.78 is 29.6. The van der Waals surface area contributed by atoms with Crippen molar-refractivity contribution in [3.05, 3.63) is 54.6 Å². The van der Waals surface area contributed by atoms with Crippen molar-refractivity contribution in [2.45, 2.75) is 24.7 Å². The summed E-state index contributed by atoms with van der Waals surface area (Å²) in [6.45, 7) is 6.01. The van der Waals surface area contributed by atoms with Crippen molar-refractivity contribution in [1.29, 1.82) is 0 Å². The average molecular weight is 454 g/mol. The van der Waals surface area contributed by atoms with Gasteiger partial charge in [-0.3, -0.25) is 0 Å². The molecule has 0 radical (unpaired) electrons. The van der Waals surface area contributed by atoms with Crippen molar-refractivity contribution in [2.75, 3.05) is 49.1 Å². The molecular formula is C22H27N7O2S. The topological polar surface area (TPSA) is 87.5 Å². The summed E-state index contributed by atoms with van der Waals surface area (Å²) >= 11 is 0. The van der Waals surface area contributed by atoms with Crippen LogP contribution in [0.2, 0.25) is 0 Å². The third-order valence-electron chi connectivity index (χ3n) is 6.05. The van der Waals surface area contributed by atoms with Crippen LogP contribution in [0.25, 0.3) is 5.69 Å². The normalized spacial score (nSPS) is 17.8. The molecule has 0 unspecified atom stereocenters. The number of aromatic nitrogens is 4. The summed E-state index contributed by atoms with van der Waals surface area (Å²) in [5, 5.41) is 4.18. The number of hydrogen-bond donors (Lipinski definition) is 0. The van der Waals surface area contributed by atoms with Crippen LogP contribution in [0.3, 0.4) is 0 Å². The Morgan fingerprint density at radius 3 is 2.06 bits per heavy atom. The van der Waals surface area contributed by atoms with Crippen molar-refractivity contribution in [2.24, 2.45) is 0 Å². The molecule has 2 aromatic heterocycles. The van der Waals surface area contributed by atoms with E-state index in [0.717, 1.165) is 36.2 Å². The highest BCUT2D eigenvalue weighted by molar-refractivity contribution is 7.89. The lowest BCUT2D eigenvalue weighted by molar-refractivity contribution is 0.383. The predicted octanol–water partition coefficient (Wildman–Crippen LogP) is 2.08. The Morgan fingerprint density at radius 2 is 1.47 bits per heavy atom. The SMILES string of the molecule is Cc1nc(N2CCCC2)cc(N2CCN(S(=O)(=O)c3ccc(-n4cccn4)cc3)CC2)n1. The number of benzene rings is 1. The zero-order valence-electron chi connectivity index (χ0n) is 18.1. The van der Waals surface area contributed by atoms with E-state index in [1.54, 1.807) is 39.4 Å². The van der Waals surface area contributed by atoms with Crippen molar-refractivity contribution in [1.82, 2.24) is 24.1 Å². The van der Waals surface area contributed by atoms with E-state index in [0.29, 0.717) is 31.1 Å². The summed E-state index contributed by atoms with van der Waals surface area (Å²) in [7, 11) is -3.55. The quantitative estimate of drug-likeness (QED) is 0.584. The second kappa shape index (κ2) is 8.51. The predicted molar refractivity (Wildman–Crippen MR) is 123 cm³/mol. The number of rotatable bonds is 5. The second-order valence-electron chi connectivity index (χ2n) is 8.16. The lowest BCUT2D eigenvalue weighted by Gasteiger charge is -2.35. The molecule has 0 spiro atoms. The highest BCUT2D eigenvalue weighted by atomic mass is 32.2. The van der Waals surface area contributed by atoms with Gasteiger partial charge in [-0.05, 0) is 50.1 Å². The molecular weight excluding hydrogens is 426 g/mol. The van der Waals surface area contributed by atoms with Crippen LogP contribution in [-0.4, -0.2) is 71.7 Å². The third kappa shape index (κ3) is 4.07. The fourth-order valence-electron chi connectivity index (χ4n) is 4.31. The van der Waals surface area contributed by atoms with Crippen LogP contribution in [0, 0.1) is 6.92 Å². The molecule has 2 aliphatic heterocycles. The van der Waals surface area contributed by atoms with E-state index >= 15 is 0 Å². The first-order chi connectivity index (χ1) is 15.5. The first-order valence-electron chi connectivity index (χ1n) is 11.0. The molecule has 2 saturated heterocycles. The molecule has 10 heteroatoms. The van der Waals surface area contributed by atoms with Crippen LogP contribution >= 0.6 is 0 Å². The minimum atomic E-state index is -3.55. The van der Waals surface area contributed by atoms with Gasteiger partial charge in [-0.1, -0.05) is 0 Å². The molecule has 1 aromatic carbocycles. The van der Waals surface area contributed by atoms with Gasteiger partial charge in [0.2, 0.25) is 10.0 Å². The molecule has 0 aliphatic carbocycles. The fraction of sp³-hybridized carbons (Fsp3) is 0.409. The van der Waals surface area contributed by atoms with Crippen LogP contribution in [0.5, 0.6) is 0 Å². The Kier molecular flexibility index (Phi) is 5.56. The van der Waals surface area contributed by atoms with Crippen LogP contribution < -0.4 is 9.80 Å². The first kappa shape index (κ1) is 20.9. The summed E-state index contributed by atoms with van der Waals surface area (Å²) in [6, 6.07) is 10.7. The van der Waals surface area contributed by atoms with Crippen LogP contribution in [0.15, 0.2) is 53.7 Å². The zero-order valence-corrected chi connectivity index (χ0v) is 18.9. The van der Waals surface area contributed by atoms with Gasteiger partial charge in [0.25, 0.3) is 0 Å². The lowest BCUT2D eigenvalue weighted by Crippen LogP contribution is -2.49. The Morgan fingerprint density at radius 1 is 0.844 bits per heavy atom. The fourth-order valence-corrected chi connectivity index (χ4v) is 5.73. The van der Waals surface area contributed by atoms with E-state index < -0.39 is 10.0 Å². The highest BCUT2D eigenvalue weighted by Gasteiger charge is 2.29.